The highest BCUT2D eigenvalue weighted by Crippen LogP contribution is 2.21. The number of aromatic nitrogens is 2. The highest BCUT2D eigenvalue weighted by Gasteiger charge is 2.04. The summed E-state index contributed by atoms with van der Waals surface area (Å²) in [5, 5.41) is 3.25. The minimum Gasteiger partial charge on any atom is -0.373 e. The van der Waals surface area contributed by atoms with Crippen LogP contribution in [0.25, 0.3) is 11.1 Å². The van der Waals surface area contributed by atoms with Crippen LogP contribution in [-0.2, 0) is 0 Å². The van der Waals surface area contributed by atoms with E-state index in [1.807, 2.05) is 30.6 Å². The Bertz CT molecular complexity index is 798. The number of hydrogen-bond acceptors (Lipinski definition) is 5. The molecule has 0 aliphatic rings. The van der Waals surface area contributed by atoms with Crippen molar-refractivity contribution in [3.63, 3.8) is 0 Å². The van der Waals surface area contributed by atoms with Gasteiger partial charge in [0, 0.05) is 49.5 Å². The Hall–Kier alpha value is -2.92. The molecule has 1 heterocycles. The van der Waals surface area contributed by atoms with Crippen LogP contribution in [0.15, 0.2) is 67.0 Å². The lowest BCUT2D eigenvalue weighted by molar-refractivity contribution is 0.416. The summed E-state index contributed by atoms with van der Waals surface area (Å²) in [5.41, 5.74) is 4.29. The zero-order chi connectivity index (χ0) is 18.4. The third-order valence-electron chi connectivity index (χ3n) is 4.21. The van der Waals surface area contributed by atoms with Crippen LogP contribution in [0.2, 0.25) is 0 Å². The third-order valence-corrected chi connectivity index (χ3v) is 4.21. The first-order chi connectivity index (χ1) is 12.6. The van der Waals surface area contributed by atoms with Crippen molar-refractivity contribution in [1.29, 1.82) is 0 Å². The van der Waals surface area contributed by atoms with Crippen LogP contribution in [0.3, 0.4) is 0 Å². The van der Waals surface area contributed by atoms with E-state index in [0.717, 1.165) is 29.9 Å². The number of likely N-dealkylation sites (N-methyl/N-ethyl adjacent to an activating group) is 2. The van der Waals surface area contributed by atoms with Gasteiger partial charge in [-0.1, -0.05) is 30.3 Å². The summed E-state index contributed by atoms with van der Waals surface area (Å²) in [6.45, 7) is 2.02. The summed E-state index contributed by atoms with van der Waals surface area (Å²) in [4.78, 5) is 13.3. The average molecular weight is 347 g/mol. The zero-order valence-electron chi connectivity index (χ0n) is 15.6. The Labute approximate surface area is 155 Å². The molecule has 5 heteroatoms. The first-order valence-corrected chi connectivity index (χ1v) is 8.72. The predicted molar refractivity (Wildman–Crippen MR) is 109 cm³/mol. The molecule has 0 unspecified atom stereocenters. The fourth-order valence-electron chi connectivity index (χ4n) is 2.58. The maximum Gasteiger partial charge on any atom is 0.227 e. The molecule has 0 spiro atoms. The number of nitrogens with zero attached hydrogens (tertiary/aromatic N) is 4. The van der Waals surface area contributed by atoms with E-state index in [4.69, 9.17) is 0 Å². The lowest BCUT2D eigenvalue weighted by atomic mass is 10.1. The van der Waals surface area contributed by atoms with Gasteiger partial charge in [-0.05, 0) is 43.9 Å². The number of nitrogens with one attached hydrogen (secondary N) is 1. The molecule has 5 nitrogen and oxygen atoms in total. The SMILES string of the molecule is CN(C)CCN(C)c1ccc(Nc2ncc(-c3ccccc3)cn2)cc1. The molecule has 3 aromatic rings. The van der Waals surface area contributed by atoms with Crippen molar-refractivity contribution in [1.82, 2.24) is 14.9 Å². The van der Waals surface area contributed by atoms with E-state index in [1.54, 1.807) is 0 Å². The van der Waals surface area contributed by atoms with Gasteiger partial charge in [-0.3, -0.25) is 0 Å². The standard InChI is InChI=1S/C21H25N5/c1-25(2)13-14-26(3)20-11-9-19(10-12-20)24-21-22-15-18(16-23-21)17-7-5-4-6-8-17/h4-12,15-16H,13-14H2,1-3H3,(H,22,23,24). The molecule has 0 fully saturated rings. The van der Waals surface area contributed by atoms with E-state index in [9.17, 15) is 0 Å². The molecule has 0 atom stereocenters. The van der Waals surface area contributed by atoms with Crippen molar-refractivity contribution < 1.29 is 0 Å². The lowest BCUT2D eigenvalue weighted by Gasteiger charge is -2.21. The van der Waals surface area contributed by atoms with Crippen LogP contribution >= 0.6 is 0 Å². The maximum absolute atomic E-state index is 4.42. The molecule has 1 N–H and O–H groups in total. The van der Waals surface area contributed by atoms with Gasteiger partial charge in [-0.2, -0.15) is 0 Å². The Morgan fingerprint density at radius 3 is 2.04 bits per heavy atom. The molecular formula is C21H25N5. The number of hydrogen-bond donors (Lipinski definition) is 1. The van der Waals surface area contributed by atoms with Crippen molar-refractivity contribution in [3.05, 3.63) is 67.0 Å². The fraction of sp³-hybridized carbons (Fsp3) is 0.238. The van der Waals surface area contributed by atoms with Crippen LogP contribution in [0.1, 0.15) is 0 Å². The number of anilines is 3. The molecule has 0 radical (unpaired) electrons. The molecule has 0 saturated heterocycles. The zero-order valence-corrected chi connectivity index (χ0v) is 15.6. The van der Waals surface area contributed by atoms with E-state index in [2.05, 4.69) is 82.6 Å². The van der Waals surface area contributed by atoms with Crippen molar-refractivity contribution in [2.75, 3.05) is 44.4 Å². The molecule has 0 bridgehead atoms. The Balaban J connectivity index is 1.62. The third kappa shape index (κ3) is 4.80. The van der Waals surface area contributed by atoms with Gasteiger partial charge >= 0.3 is 0 Å². The molecule has 0 aliphatic heterocycles. The van der Waals surface area contributed by atoms with Gasteiger partial charge in [0.05, 0.1) is 0 Å². The van der Waals surface area contributed by atoms with Gasteiger partial charge < -0.3 is 15.1 Å². The summed E-state index contributed by atoms with van der Waals surface area (Å²) in [6.07, 6.45) is 3.68. The number of rotatable bonds is 7. The molecule has 3 rings (SSSR count). The van der Waals surface area contributed by atoms with Crippen LogP contribution in [0.5, 0.6) is 0 Å². The Kier molecular flexibility index (Phi) is 5.81. The van der Waals surface area contributed by atoms with Gasteiger partial charge in [0.15, 0.2) is 0 Å². The molecule has 0 aliphatic carbocycles. The second-order valence-corrected chi connectivity index (χ2v) is 6.56. The monoisotopic (exact) mass is 347 g/mol. The van der Waals surface area contributed by atoms with Gasteiger partial charge in [0.1, 0.15) is 0 Å². The fourth-order valence-corrected chi connectivity index (χ4v) is 2.58. The summed E-state index contributed by atoms with van der Waals surface area (Å²) < 4.78 is 0. The normalized spacial score (nSPS) is 10.8. The highest BCUT2D eigenvalue weighted by molar-refractivity contribution is 5.63. The molecule has 26 heavy (non-hydrogen) atoms. The van der Waals surface area contributed by atoms with E-state index in [1.165, 1.54) is 5.69 Å². The molecule has 134 valence electrons. The van der Waals surface area contributed by atoms with Gasteiger partial charge in [-0.15, -0.1) is 0 Å². The molecule has 0 amide bonds. The second kappa shape index (κ2) is 8.45. The van der Waals surface area contributed by atoms with E-state index >= 15 is 0 Å². The van der Waals surface area contributed by atoms with Crippen molar-refractivity contribution >= 4 is 17.3 Å². The minimum atomic E-state index is 0.596. The molecule has 0 saturated carbocycles. The first kappa shape index (κ1) is 17.9. The maximum atomic E-state index is 4.42. The van der Waals surface area contributed by atoms with Crippen LogP contribution < -0.4 is 10.2 Å². The van der Waals surface area contributed by atoms with Crippen molar-refractivity contribution in [2.45, 2.75) is 0 Å². The molecule has 2 aromatic carbocycles. The molecule has 1 aromatic heterocycles. The van der Waals surface area contributed by atoms with Crippen LogP contribution in [-0.4, -0.2) is 49.1 Å². The first-order valence-electron chi connectivity index (χ1n) is 8.72. The topological polar surface area (TPSA) is 44.3 Å². The summed E-state index contributed by atoms with van der Waals surface area (Å²) in [7, 11) is 6.28. The Morgan fingerprint density at radius 1 is 0.769 bits per heavy atom. The van der Waals surface area contributed by atoms with Gasteiger partial charge in [0.25, 0.3) is 0 Å². The summed E-state index contributed by atoms with van der Waals surface area (Å²) in [6, 6.07) is 18.5. The number of benzene rings is 2. The second-order valence-electron chi connectivity index (χ2n) is 6.56. The van der Waals surface area contributed by atoms with E-state index in [-0.39, 0.29) is 0 Å². The summed E-state index contributed by atoms with van der Waals surface area (Å²) >= 11 is 0. The van der Waals surface area contributed by atoms with Gasteiger partial charge in [0.2, 0.25) is 5.95 Å². The quantitative estimate of drug-likeness (QED) is 0.702. The van der Waals surface area contributed by atoms with Gasteiger partial charge in [-0.25, -0.2) is 9.97 Å². The summed E-state index contributed by atoms with van der Waals surface area (Å²) in [5.74, 6) is 0.596. The predicted octanol–water partition coefficient (Wildman–Crippen LogP) is 3.89. The smallest absolute Gasteiger partial charge is 0.227 e. The van der Waals surface area contributed by atoms with Crippen LogP contribution in [0.4, 0.5) is 17.3 Å². The largest absolute Gasteiger partial charge is 0.373 e. The lowest BCUT2D eigenvalue weighted by Crippen LogP contribution is -2.28. The minimum absolute atomic E-state index is 0.596. The highest BCUT2D eigenvalue weighted by atomic mass is 15.2. The average Bonchev–Trinajstić information content (AvgIpc) is 2.68. The van der Waals surface area contributed by atoms with Crippen molar-refractivity contribution in [3.8, 4) is 11.1 Å². The van der Waals surface area contributed by atoms with Crippen LogP contribution in [0, 0.1) is 0 Å². The molecular weight excluding hydrogens is 322 g/mol. The van der Waals surface area contributed by atoms with E-state index < -0.39 is 0 Å². The van der Waals surface area contributed by atoms with E-state index in [0.29, 0.717) is 5.95 Å². The van der Waals surface area contributed by atoms with Crippen molar-refractivity contribution in [2.24, 2.45) is 0 Å². The Morgan fingerprint density at radius 2 is 1.42 bits per heavy atom.